The molecule has 9 nitrogen and oxygen atoms in total. The van der Waals surface area contributed by atoms with Gasteiger partial charge >= 0.3 is 6.03 Å². The molecule has 2 aliphatic heterocycles. The number of ether oxygens (including phenoxy) is 3. The van der Waals surface area contributed by atoms with E-state index in [9.17, 15) is 4.79 Å². The second-order valence-corrected chi connectivity index (χ2v) is 7.30. The topological polar surface area (TPSA) is 80.3 Å². The summed E-state index contributed by atoms with van der Waals surface area (Å²) in [6, 6.07) is 4.14. The second-order valence-electron chi connectivity index (χ2n) is 7.30. The molecule has 29 heavy (non-hydrogen) atoms. The van der Waals surface area contributed by atoms with E-state index in [0.717, 1.165) is 55.7 Å². The molecule has 0 bridgehead atoms. The molecule has 0 saturated carbocycles. The van der Waals surface area contributed by atoms with Gasteiger partial charge in [0.15, 0.2) is 11.5 Å². The van der Waals surface area contributed by atoms with Crippen LogP contribution in [0.3, 0.4) is 0 Å². The van der Waals surface area contributed by atoms with Crippen LogP contribution < -0.4 is 14.4 Å². The standard InChI is InChI=1S/C20H27N5O4/c1-27-13-24-8-9-25(20(24)26)14-4-6-23(7-5-14)19-15-10-17(28-2)18(29-3)11-16(15)21-12-22-19/h10-12,14H,4-9,13H2,1-3H3. The molecular formula is C20H27N5O4. The maximum absolute atomic E-state index is 12.6. The second kappa shape index (κ2) is 8.28. The van der Waals surface area contributed by atoms with Gasteiger partial charge in [-0.15, -0.1) is 0 Å². The Morgan fingerprint density at radius 3 is 2.41 bits per heavy atom. The third-order valence-corrected chi connectivity index (χ3v) is 5.74. The van der Waals surface area contributed by atoms with Crippen LogP contribution in [0.5, 0.6) is 11.5 Å². The summed E-state index contributed by atoms with van der Waals surface area (Å²) in [4.78, 5) is 27.5. The highest BCUT2D eigenvalue weighted by Crippen LogP contribution is 2.35. The molecule has 4 rings (SSSR count). The van der Waals surface area contributed by atoms with Gasteiger partial charge in [-0.1, -0.05) is 0 Å². The summed E-state index contributed by atoms with van der Waals surface area (Å²) in [6.45, 7) is 3.51. The van der Waals surface area contributed by atoms with Crippen molar-refractivity contribution in [2.75, 3.05) is 59.1 Å². The first-order valence-electron chi connectivity index (χ1n) is 9.82. The number of urea groups is 1. The van der Waals surface area contributed by atoms with E-state index >= 15 is 0 Å². The molecule has 2 amide bonds. The lowest BCUT2D eigenvalue weighted by Gasteiger charge is -2.37. The number of aromatic nitrogens is 2. The molecule has 9 heteroatoms. The molecule has 3 heterocycles. The molecule has 0 aliphatic carbocycles. The zero-order chi connectivity index (χ0) is 20.4. The van der Waals surface area contributed by atoms with Crippen molar-refractivity contribution in [2.45, 2.75) is 18.9 Å². The number of methoxy groups -OCH3 is 3. The molecule has 0 unspecified atom stereocenters. The number of anilines is 1. The number of benzene rings is 1. The number of carbonyl (C=O) groups is 1. The Morgan fingerprint density at radius 2 is 1.72 bits per heavy atom. The molecule has 1 aromatic heterocycles. The summed E-state index contributed by atoms with van der Waals surface area (Å²) in [7, 11) is 4.85. The van der Waals surface area contributed by atoms with Crippen molar-refractivity contribution in [1.82, 2.24) is 19.8 Å². The van der Waals surface area contributed by atoms with E-state index in [0.29, 0.717) is 18.2 Å². The average Bonchev–Trinajstić information content (AvgIpc) is 3.13. The van der Waals surface area contributed by atoms with Crippen LogP contribution in [0.4, 0.5) is 10.6 Å². The van der Waals surface area contributed by atoms with E-state index in [2.05, 4.69) is 14.9 Å². The van der Waals surface area contributed by atoms with Gasteiger partial charge < -0.3 is 24.0 Å². The fourth-order valence-corrected chi connectivity index (χ4v) is 4.23. The number of hydrogen-bond acceptors (Lipinski definition) is 7. The summed E-state index contributed by atoms with van der Waals surface area (Å²) in [5.41, 5.74) is 0.819. The molecule has 2 aliphatic rings. The van der Waals surface area contributed by atoms with Crippen molar-refractivity contribution in [1.29, 1.82) is 0 Å². The molecule has 0 radical (unpaired) electrons. The SMILES string of the molecule is COCN1CCN(C2CCN(c3ncnc4cc(OC)c(OC)cc34)CC2)C1=O. The summed E-state index contributed by atoms with van der Waals surface area (Å²) < 4.78 is 16.0. The Hall–Kier alpha value is -2.81. The molecule has 2 aromatic rings. The van der Waals surface area contributed by atoms with Crippen LogP contribution in [0, 0.1) is 0 Å². The molecule has 2 fully saturated rings. The van der Waals surface area contributed by atoms with Crippen LogP contribution in [0.25, 0.3) is 10.9 Å². The number of nitrogens with zero attached hydrogens (tertiary/aromatic N) is 5. The number of fused-ring (bicyclic) bond motifs is 1. The zero-order valence-electron chi connectivity index (χ0n) is 17.1. The van der Waals surface area contributed by atoms with Gasteiger partial charge in [-0.25, -0.2) is 14.8 Å². The van der Waals surface area contributed by atoms with Gasteiger partial charge in [-0.2, -0.15) is 0 Å². The zero-order valence-corrected chi connectivity index (χ0v) is 17.1. The fraction of sp³-hybridized carbons (Fsp3) is 0.550. The van der Waals surface area contributed by atoms with Crippen molar-refractivity contribution in [3.05, 3.63) is 18.5 Å². The first kappa shape index (κ1) is 19.5. The quantitative estimate of drug-likeness (QED) is 0.732. The van der Waals surface area contributed by atoms with E-state index in [1.54, 1.807) is 32.6 Å². The van der Waals surface area contributed by atoms with E-state index in [4.69, 9.17) is 14.2 Å². The summed E-state index contributed by atoms with van der Waals surface area (Å²) in [6.07, 6.45) is 3.40. The van der Waals surface area contributed by atoms with Crippen LogP contribution in [-0.2, 0) is 4.74 Å². The first-order chi connectivity index (χ1) is 14.2. The van der Waals surface area contributed by atoms with Crippen molar-refractivity contribution in [3.63, 3.8) is 0 Å². The summed E-state index contributed by atoms with van der Waals surface area (Å²) in [5.74, 6) is 2.20. The van der Waals surface area contributed by atoms with Gasteiger partial charge in [-0.05, 0) is 18.9 Å². The van der Waals surface area contributed by atoms with Gasteiger partial charge in [0.1, 0.15) is 18.9 Å². The Bertz CT molecular complexity index is 885. The van der Waals surface area contributed by atoms with Gasteiger partial charge in [-0.3, -0.25) is 4.90 Å². The summed E-state index contributed by atoms with van der Waals surface area (Å²) >= 11 is 0. The maximum Gasteiger partial charge on any atom is 0.322 e. The molecule has 0 N–H and O–H groups in total. The number of amides is 2. The Labute approximate surface area is 170 Å². The van der Waals surface area contributed by atoms with Crippen LogP contribution in [0.2, 0.25) is 0 Å². The third-order valence-electron chi connectivity index (χ3n) is 5.74. The Kier molecular flexibility index (Phi) is 5.57. The Morgan fingerprint density at radius 1 is 1.00 bits per heavy atom. The van der Waals surface area contributed by atoms with Crippen molar-refractivity contribution < 1.29 is 19.0 Å². The molecule has 2 saturated heterocycles. The minimum absolute atomic E-state index is 0.0783. The van der Waals surface area contributed by atoms with E-state index in [-0.39, 0.29) is 12.1 Å². The minimum Gasteiger partial charge on any atom is -0.493 e. The number of hydrogen-bond donors (Lipinski definition) is 0. The van der Waals surface area contributed by atoms with E-state index in [1.165, 1.54) is 0 Å². The van der Waals surface area contributed by atoms with Gasteiger partial charge in [0.25, 0.3) is 0 Å². The van der Waals surface area contributed by atoms with Crippen LogP contribution in [-0.4, -0.2) is 86.1 Å². The van der Waals surface area contributed by atoms with E-state index < -0.39 is 0 Å². The van der Waals surface area contributed by atoms with Gasteiger partial charge in [0, 0.05) is 50.8 Å². The lowest BCUT2D eigenvalue weighted by molar-refractivity contribution is 0.0899. The minimum atomic E-state index is 0.0783. The van der Waals surface area contributed by atoms with Crippen LogP contribution in [0.15, 0.2) is 18.5 Å². The highest BCUT2D eigenvalue weighted by Gasteiger charge is 2.35. The monoisotopic (exact) mass is 401 g/mol. The molecule has 156 valence electrons. The van der Waals surface area contributed by atoms with E-state index in [1.807, 2.05) is 17.0 Å². The predicted molar refractivity (Wildman–Crippen MR) is 109 cm³/mol. The molecule has 1 aromatic carbocycles. The van der Waals surface area contributed by atoms with Gasteiger partial charge in [0.05, 0.1) is 19.7 Å². The Balaban J connectivity index is 1.50. The number of rotatable bonds is 6. The van der Waals surface area contributed by atoms with Crippen LogP contribution in [0.1, 0.15) is 12.8 Å². The van der Waals surface area contributed by atoms with Crippen molar-refractivity contribution in [2.24, 2.45) is 0 Å². The normalized spacial score (nSPS) is 18.0. The number of piperidine rings is 1. The van der Waals surface area contributed by atoms with Crippen molar-refractivity contribution >= 4 is 22.8 Å². The fourth-order valence-electron chi connectivity index (χ4n) is 4.23. The highest BCUT2D eigenvalue weighted by molar-refractivity contribution is 5.92. The largest absolute Gasteiger partial charge is 0.493 e. The van der Waals surface area contributed by atoms with Crippen molar-refractivity contribution in [3.8, 4) is 11.5 Å². The third kappa shape index (κ3) is 3.62. The lowest BCUT2D eigenvalue weighted by atomic mass is 10.0. The predicted octanol–water partition coefficient (Wildman–Crippen LogP) is 1.96. The smallest absolute Gasteiger partial charge is 0.322 e. The lowest BCUT2D eigenvalue weighted by Crippen LogP contribution is -2.47. The average molecular weight is 401 g/mol. The molecule has 0 spiro atoms. The first-order valence-corrected chi connectivity index (χ1v) is 9.82. The number of carbonyl (C=O) groups excluding carboxylic acids is 1. The molecular weight excluding hydrogens is 374 g/mol. The van der Waals surface area contributed by atoms with Crippen LogP contribution >= 0.6 is 0 Å². The van der Waals surface area contributed by atoms with Gasteiger partial charge in [0.2, 0.25) is 0 Å². The maximum atomic E-state index is 12.6. The molecule has 0 atom stereocenters. The highest BCUT2D eigenvalue weighted by atomic mass is 16.5. The summed E-state index contributed by atoms with van der Waals surface area (Å²) in [5, 5.41) is 0.937.